The van der Waals surface area contributed by atoms with Crippen LogP contribution in [0.3, 0.4) is 0 Å². The van der Waals surface area contributed by atoms with Gasteiger partial charge in [0.25, 0.3) is 0 Å². The Morgan fingerprint density at radius 2 is 0.273 bits per heavy atom. The molecule has 0 saturated carbocycles. The zero-order chi connectivity index (χ0) is 0. The van der Waals surface area contributed by atoms with E-state index in [9.17, 15) is 0 Å². The van der Waals surface area contributed by atoms with E-state index in [-0.39, 0.29) is 146 Å². The summed E-state index contributed by atoms with van der Waals surface area (Å²) in [7, 11) is 0. The van der Waals surface area contributed by atoms with Crippen LogP contribution >= 0.6 is 0 Å². The Bertz CT molecular complexity index is 14.4. The molecule has 0 fully saturated rings. The topological polar surface area (TPSA) is 63.0 Å². The molecule has 11 heavy (non-hydrogen) atoms. The van der Waals surface area contributed by atoms with Gasteiger partial charge < -0.3 is 105 Å². The fourth-order valence-electron chi connectivity index (χ4n) is 0. The van der Waals surface area contributed by atoms with Gasteiger partial charge in [-0.15, -0.1) is 0 Å². The Labute approximate surface area is 144 Å². The van der Waals surface area contributed by atoms with Crippen LogP contribution in [0.15, 0.2) is 0 Å². The van der Waals surface area contributed by atoms with Crippen molar-refractivity contribution in [2.75, 3.05) is 0 Å². The van der Waals surface area contributed by atoms with Crippen LogP contribution < -0.4 is 0 Å². The first-order valence-electron chi connectivity index (χ1n) is 0. The Kier molecular flexibility index (Phi) is 2970. The average molecular weight is 633 g/mol. The third-order valence-corrected chi connectivity index (χ3v) is 0. The molecule has 0 aromatic heterocycles. The SMILES string of the molecule is O.O.[Re].[Re].[S-2].[S-2].[S-2].[S-2].[S-2].[S-2].[S-2]. The molecular weight excluding hydrogens is 629 g/mol. The molecule has 4 N–H and O–H groups in total. The predicted molar refractivity (Wildman–Crippen MR) is 58.8 cm³/mol. The first kappa shape index (κ1) is 202. The van der Waals surface area contributed by atoms with E-state index in [0.717, 1.165) is 0 Å². The maximum atomic E-state index is 0. The number of hydrogen-bond acceptors (Lipinski definition) is 0. The van der Waals surface area contributed by atoms with Crippen LogP contribution in [0.25, 0.3) is 0 Å². The molecule has 0 heterocycles. The quantitative estimate of drug-likeness (QED) is 0.307. The van der Waals surface area contributed by atoms with E-state index >= 15 is 0 Å². The normalized spacial score (nSPS) is 0. The van der Waals surface area contributed by atoms with Crippen molar-refractivity contribution in [2.45, 2.75) is 0 Å². The largest absolute Gasteiger partial charge is 2.00 e. The van der Waals surface area contributed by atoms with Crippen molar-refractivity contribution < 1.29 is 51.8 Å². The van der Waals surface area contributed by atoms with E-state index in [1.165, 1.54) is 0 Å². The van der Waals surface area contributed by atoms with E-state index in [1.807, 2.05) is 0 Å². The minimum atomic E-state index is 0. The molecule has 0 aliphatic heterocycles. The molecule has 86 valence electrons. The maximum Gasteiger partial charge on any atom is 0 e. The maximum absolute atomic E-state index is 0. The smallest absolute Gasteiger partial charge is 0 e. The van der Waals surface area contributed by atoms with Crippen molar-refractivity contribution in [1.29, 1.82) is 0 Å². The van der Waals surface area contributed by atoms with Crippen molar-refractivity contribution in [3.05, 3.63) is 0 Å². The summed E-state index contributed by atoms with van der Waals surface area (Å²) in [6, 6.07) is 0. The molecule has 2 nitrogen and oxygen atoms in total. The summed E-state index contributed by atoms with van der Waals surface area (Å²) in [5, 5.41) is 0. The zero-order valence-electron chi connectivity index (χ0n) is 4.61. The Morgan fingerprint density at radius 1 is 0.273 bits per heavy atom. The van der Waals surface area contributed by atoms with Crippen LogP contribution in [0.2, 0.25) is 0 Å². The summed E-state index contributed by atoms with van der Waals surface area (Å²) in [4.78, 5) is 0. The summed E-state index contributed by atoms with van der Waals surface area (Å²) in [6.07, 6.45) is 0. The molecule has 0 aromatic rings. The van der Waals surface area contributed by atoms with Gasteiger partial charge in [0.05, 0.1) is 0 Å². The minimum absolute atomic E-state index is 0. The summed E-state index contributed by atoms with van der Waals surface area (Å²) in [5.41, 5.74) is 0. The molecule has 0 aromatic carbocycles. The van der Waals surface area contributed by atoms with Crippen molar-refractivity contribution in [3.63, 3.8) is 0 Å². The molecule has 0 amide bonds. The third kappa shape index (κ3) is 137. The minimum Gasteiger partial charge on any atom is -2.00 e. The summed E-state index contributed by atoms with van der Waals surface area (Å²) >= 11 is 0. The van der Waals surface area contributed by atoms with Gasteiger partial charge in [-0.25, -0.2) is 0 Å². The molecule has 0 bridgehead atoms. The molecule has 0 rings (SSSR count). The van der Waals surface area contributed by atoms with Crippen LogP contribution in [0.1, 0.15) is 0 Å². The Morgan fingerprint density at radius 3 is 0.273 bits per heavy atom. The number of hydrogen-bond donors (Lipinski definition) is 0. The summed E-state index contributed by atoms with van der Waals surface area (Å²) in [6.45, 7) is 0. The van der Waals surface area contributed by atoms with Gasteiger partial charge in [0, 0.05) is 40.8 Å². The Hall–Kier alpha value is 3.69. The predicted octanol–water partition coefficient (Wildman–Crippen LogP) is -1.67. The van der Waals surface area contributed by atoms with E-state index in [2.05, 4.69) is 0 Å². The second-order valence-corrected chi connectivity index (χ2v) is 0. The van der Waals surface area contributed by atoms with Crippen molar-refractivity contribution >= 4 is 94.5 Å². The van der Waals surface area contributed by atoms with Gasteiger partial charge in [0.2, 0.25) is 0 Å². The van der Waals surface area contributed by atoms with Crippen molar-refractivity contribution in [1.82, 2.24) is 0 Å². The van der Waals surface area contributed by atoms with Crippen LogP contribution in [0, 0.1) is 0 Å². The monoisotopic (exact) mass is 634 g/mol. The first-order chi connectivity index (χ1) is 0. The van der Waals surface area contributed by atoms with Crippen LogP contribution in [-0.2, 0) is 135 Å². The third-order valence-electron chi connectivity index (χ3n) is 0. The second kappa shape index (κ2) is 162. The van der Waals surface area contributed by atoms with E-state index in [0.29, 0.717) is 0 Å². The van der Waals surface area contributed by atoms with E-state index in [4.69, 9.17) is 0 Å². The van der Waals surface area contributed by atoms with E-state index < -0.39 is 0 Å². The average Bonchev–Trinajstić information content (AvgIpc) is 0. The standard InChI is InChI=1S/2H2O.2Re.7S/h2*1H2;;;;;;;;;/q;;;;7*-2. The molecule has 11 heteroatoms. The van der Waals surface area contributed by atoms with Crippen molar-refractivity contribution in [3.8, 4) is 0 Å². The van der Waals surface area contributed by atoms with Crippen LogP contribution in [0.5, 0.6) is 0 Å². The first-order valence-corrected chi connectivity index (χ1v) is 0. The van der Waals surface area contributed by atoms with Gasteiger partial charge in [-0.2, -0.15) is 0 Å². The molecule has 0 unspecified atom stereocenters. The number of rotatable bonds is 0. The van der Waals surface area contributed by atoms with Crippen molar-refractivity contribution in [2.24, 2.45) is 0 Å². The van der Waals surface area contributed by atoms with E-state index in [1.54, 1.807) is 0 Å². The second-order valence-electron chi connectivity index (χ2n) is 0. The van der Waals surface area contributed by atoms with Gasteiger partial charge in [-0.3, -0.25) is 0 Å². The van der Waals surface area contributed by atoms with Crippen LogP contribution in [0.4, 0.5) is 0 Å². The Balaban J connectivity index is 0. The molecule has 0 atom stereocenters. The van der Waals surface area contributed by atoms with Crippen LogP contribution in [-0.4, -0.2) is 11.0 Å². The molecule has 2 radical (unpaired) electrons. The molecule has 0 saturated heterocycles. The molecule has 0 aliphatic rings. The van der Waals surface area contributed by atoms with Gasteiger partial charge in [-0.05, 0) is 0 Å². The van der Waals surface area contributed by atoms with Gasteiger partial charge in [0.15, 0.2) is 0 Å². The fraction of sp³-hybridized carbons (Fsp3) is 0. The van der Waals surface area contributed by atoms with Gasteiger partial charge in [-0.1, -0.05) is 0 Å². The zero-order valence-corrected chi connectivity index (χ0v) is 15.8. The molecule has 0 spiro atoms. The fourth-order valence-corrected chi connectivity index (χ4v) is 0. The molecular formula is H4O2Re2S7-14. The summed E-state index contributed by atoms with van der Waals surface area (Å²) in [5.74, 6) is 0. The van der Waals surface area contributed by atoms with Gasteiger partial charge >= 0.3 is 0 Å². The summed E-state index contributed by atoms with van der Waals surface area (Å²) < 4.78 is 0. The van der Waals surface area contributed by atoms with Gasteiger partial charge in [0.1, 0.15) is 0 Å². The molecule has 0 aliphatic carbocycles.